The van der Waals surface area contributed by atoms with Crippen molar-refractivity contribution in [3.05, 3.63) is 30.0 Å². The van der Waals surface area contributed by atoms with Crippen molar-refractivity contribution < 1.29 is 9.90 Å². The molecular formula is C13H16BrN5O2. The van der Waals surface area contributed by atoms with E-state index in [2.05, 4.69) is 25.9 Å². The molecule has 2 rings (SSSR count). The van der Waals surface area contributed by atoms with Gasteiger partial charge in [0.25, 0.3) is 5.97 Å². The number of alkyl halides is 1. The van der Waals surface area contributed by atoms with Crippen molar-refractivity contribution in [1.29, 1.82) is 0 Å². The van der Waals surface area contributed by atoms with Crippen LogP contribution in [0.3, 0.4) is 0 Å². The van der Waals surface area contributed by atoms with Gasteiger partial charge in [0.15, 0.2) is 0 Å². The molecule has 0 saturated heterocycles. The minimum atomic E-state index is -0.833. The van der Waals surface area contributed by atoms with E-state index in [9.17, 15) is 0 Å². The maximum atomic E-state index is 9.00. The Morgan fingerprint density at radius 1 is 1.19 bits per heavy atom. The molecule has 1 aromatic heterocycles. The molecular weight excluding hydrogens is 338 g/mol. The Labute approximate surface area is 130 Å². The highest BCUT2D eigenvalue weighted by Gasteiger charge is 2.12. The van der Waals surface area contributed by atoms with Gasteiger partial charge in [-0.05, 0) is 17.7 Å². The number of aromatic nitrogens is 2. The number of nitrogens with two attached hydrogens (primary N) is 3. The van der Waals surface area contributed by atoms with Gasteiger partial charge < -0.3 is 22.3 Å². The van der Waals surface area contributed by atoms with Crippen LogP contribution in [0.2, 0.25) is 0 Å². The number of carboxylic acid groups (broad SMARTS) is 1. The molecule has 0 fully saturated rings. The minimum absolute atomic E-state index is 0.177. The molecule has 1 aromatic carbocycles. The molecule has 0 aliphatic carbocycles. The highest BCUT2D eigenvalue weighted by atomic mass is 79.9. The summed E-state index contributed by atoms with van der Waals surface area (Å²) in [7, 11) is 0. The molecule has 0 spiro atoms. The second-order valence-corrected chi connectivity index (χ2v) is 4.62. The third-order valence-corrected chi connectivity index (χ3v) is 2.89. The van der Waals surface area contributed by atoms with Gasteiger partial charge in [0.2, 0.25) is 5.95 Å². The molecule has 7 nitrogen and oxygen atoms in total. The lowest BCUT2D eigenvalue weighted by Crippen LogP contribution is -2.05. The van der Waals surface area contributed by atoms with Crippen LogP contribution in [0.15, 0.2) is 24.3 Å². The topological polar surface area (TPSA) is 141 Å². The van der Waals surface area contributed by atoms with Gasteiger partial charge in [-0.25, -0.2) is 4.98 Å². The number of carboxylic acids is 1. The first-order valence-electron chi connectivity index (χ1n) is 5.88. The van der Waals surface area contributed by atoms with E-state index in [4.69, 9.17) is 27.1 Å². The number of anilines is 3. The molecule has 1 heterocycles. The van der Waals surface area contributed by atoms with E-state index in [0.717, 1.165) is 23.7 Å². The highest BCUT2D eigenvalue weighted by Crippen LogP contribution is 2.29. The number of hydrogen-bond donors (Lipinski definition) is 4. The van der Waals surface area contributed by atoms with Gasteiger partial charge in [-0.2, -0.15) is 4.98 Å². The highest BCUT2D eigenvalue weighted by molar-refractivity contribution is 9.08. The van der Waals surface area contributed by atoms with Gasteiger partial charge in [-0.1, -0.05) is 28.1 Å². The summed E-state index contributed by atoms with van der Waals surface area (Å²) in [5.74, 6) is -0.284. The smallest absolute Gasteiger partial charge is 0.300 e. The maximum Gasteiger partial charge on any atom is 0.300 e. The van der Waals surface area contributed by atoms with Crippen molar-refractivity contribution in [3.63, 3.8) is 0 Å². The van der Waals surface area contributed by atoms with E-state index < -0.39 is 5.97 Å². The maximum absolute atomic E-state index is 9.00. The lowest BCUT2D eigenvalue weighted by atomic mass is 10.0. The van der Waals surface area contributed by atoms with Crippen molar-refractivity contribution in [2.45, 2.75) is 12.3 Å². The van der Waals surface area contributed by atoms with Gasteiger partial charge in [0.1, 0.15) is 5.82 Å². The molecule has 112 valence electrons. The van der Waals surface area contributed by atoms with E-state index >= 15 is 0 Å². The van der Waals surface area contributed by atoms with Crippen molar-refractivity contribution in [1.82, 2.24) is 9.97 Å². The number of carbonyl (C=O) groups is 1. The molecule has 8 heteroatoms. The molecule has 0 unspecified atom stereocenters. The summed E-state index contributed by atoms with van der Waals surface area (Å²) < 4.78 is 0. The van der Waals surface area contributed by atoms with Crippen LogP contribution in [0.25, 0.3) is 11.1 Å². The largest absolute Gasteiger partial charge is 0.481 e. The van der Waals surface area contributed by atoms with Crippen LogP contribution in [-0.2, 0) is 10.1 Å². The zero-order valence-electron chi connectivity index (χ0n) is 11.4. The minimum Gasteiger partial charge on any atom is -0.481 e. The summed E-state index contributed by atoms with van der Waals surface area (Å²) in [4.78, 5) is 17.1. The van der Waals surface area contributed by atoms with Gasteiger partial charge in [-0.3, -0.25) is 4.79 Å². The van der Waals surface area contributed by atoms with E-state index in [0.29, 0.717) is 16.8 Å². The quantitative estimate of drug-likeness (QED) is 0.476. The molecule has 2 aromatic rings. The van der Waals surface area contributed by atoms with Gasteiger partial charge in [-0.15, -0.1) is 0 Å². The van der Waals surface area contributed by atoms with E-state index in [1.807, 2.05) is 24.3 Å². The number of rotatable bonds is 2. The fourth-order valence-electron chi connectivity index (χ4n) is 1.61. The monoisotopic (exact) mass is 353 g/mol. The molecule has 7 N–H and O–H groups in total. The number of halogens is 1. The van der Waals surface area contributed by atoms with E-state index in [1.165, 1.54) is 0 Å². The fourth-order valence-corrected chi connectivity index (χ4v) is 2.01. The van der Waals surface area contributed by atoms with Crippen LogP contribution in [-0.4, -0.2) is 21.0 Å². The summed E-state index contributed by atoms with van der Waals surface area (Å²) in [6.45, 7) is 1.08. The predicted octanol–water partition coefficient (Wildman–Crippen LogP) is 1.88. The molecule has 0 aliphatic heterocycles. The summed E-state index contributed by atoms with van der Waals surface area (Å²) in [6.07, 6.45) is 0. The summed E-state index contributed by atoms with van der Waals surface area (Å²) in [6, 6.07) is 7.38. The zero-order chi connectivity index (χ0) is 16.0. The lowest BCUT2D eigenvalue weighted by Gasteiger charge is -2.10. The average Bonchev–Trinajstić information content (AvgIpc) is 2.38. The van der Waals surface area contributed by atoms with Crippen LogP contribution in [0, 0.1) is 0 Å². The number of nitrogens with zero attached hydrogens (tertiary/aromatic N) is 2. The first-order valence-corrected chi connectivity index (χ1v) is 7.00. The Balaban J connectivity index is 0.000000491. The summed E-state index contributed by atoms with van der Waals surface area (Å²) >= 11 is 3.36. The second kappa shape index (κ2) is 7.44. The van der Waals surface area contributed by atoms with E-state index in [-0.39, 0.29) is 5.95 Å². The molecule has 0 bridgehead atoms. The number of aliphatic carboxylic acids is 1. The molecule has 0 atom stereocenters. The Bertz CT molecular complexity index is 627. The third-order valence-electron chi connectivity index (χ3n) is 2.36. The fraction of sp³-hybridized carbons (Fsp3) is 0.154. The lowest BCUT2D eigenvalue weighted by molar-refractivity contribution is -0.134. The Morgan fingerprint density at radius 3 is 2.19 bits per heavy atom. The Hall–Kier alpha value is -2.35. The van der Waals surface area contributed by atoms with Crippen LogP contribution < -0.4 is 17.2 Å². The van der Waals surface area contributed by atoms with Crippen LogP contribution >= 0.6 is 15.9 Å². The standard InChI is InChI=1S/C11H12BrN5.C2H4O2/c12-5-8-9(10(14)17-11(15)16-8)6-1-3-7(13)4-2-6;1-2(3)4/h1-4H,5,13H2,(H4,14,15,16,17);1H3,(H,3,4). The van der Waals surface area contributed by atoms with Crippen LogP contribution in [0.4, 0.5) is 17.5 Å². The van der Waals surface area contributed by atoms with Crippen molar-refractivity contribution >= 4 is 39.4 Å². The summed E-state index contributed by atoms with van der Waals surface area (Å²) in [5, 5.41) is 7.98. The molecule has 0 saturated carbocycles. The van der Waals surface area contributed by atoms with Gasteiger partial charge in [0.05, 0.1) is 5.69 Å². The first-order chi connectivity index (χ1) is 9.85. The van der Waals surface area contributed by atoms with E-state index in [1.54, 1.807) is 0 Å². The van der Waals surface area contributed by atoms with Gasteiger partial charge in [0, 0.05) is 23.5 Å². The van der Waals surface area contributed by atoms with Crippen LogP contribution in [0.5, 0.6) is 0 Å². The number of hydrogen-bond acceptors (Lipinski definition) is 6. The number of benzene rings is 1. The zero-order valence-corrected chi connectivity index (χ0v) is 13.0. The normalized spacial score (nSPS) is 9.62. The van der Waals surface area contributed by atoms with Gasteiger partial charge >= 0.3 is 0 Å². The molecule has 0 aliphatic rings. The van der Waals surface area contributed by atoms with Crippen LogP contribution in [0.1, 0.15) is 12.6 Å². The SMILES string of the molecule is CC(=O)O.Nc1ccc(-c2c(N)nc(N)nc2CBr)cc1. The number of nitrogen functional groups attached to an aromatic ring is 3. The first kappa shape index (κ1) is 16.7. The summed E-state index contributed by atoms with van der Waals surface area (Å²) in [5.41, 5.74) is 20.3. The van der Waals surface area contributed by atoms with Crippen molar-refractivity contribution in [2.75, 3.05) is 17.2 Å². The molecule has 0 radical (unpaired) electrons. The second-order valence-electron chi connectivity index (χ2n) is 4.06. The molecule has 0 amide bonds. The molecule has 21 heavy (non-hydrogen) atoms. The Morgan fingerprint density at radius 2 is 1.71 bits per heavy atom. The van der Waals surface area contributed by atoms with Crippen molar-refractivity contribution in [2.24, 2.45) is 0 Å². The average molecular weight is 354 g/mol. The Kier molecular flexibility index (Phi) is 5.92. The predicted molar refractivity (Wildman–Crippen MR) is 86.6 cm³/mol. The van der Waals surface area contributed by atoms with Crippen molar-refractivity contribution in [3.8, 4) is 11.1 Å². The third kappa shape index (κ3) is 4.92.